The van der Waals surface area contributed by atoms with Gasteiger partial charge in [0.25, 0.3) is 0 Å². The van der Waals surface area contributed by atoms with Gasteiger partial charge >= 0.3 is 0 Å². The SMILES string of the molecule is Oc1cc(/C=C\c2ccc(CN3CCCC3)c(O)c2)ccc1CN1CCCC1. The van der Waals surface area contributed by atoms with Crippen LogP contribution in [0.1, 0.15) is 47.9 Å². The average Bonchev–Trinajstić information content (AvgIpc) is 3.38. The van der Waals surface area contributed by atoms with E-state index in [4.69, 9.17) is 0 Å². The molecule has 0 saturated carbocycles. The van der Waals surface area contributed by atoms with Crippen LogP contribution in [-0.2, 0) is 13.1 Å². The lowest BCUT2D eigenvalue weighted by Gasteiger charge is -2.16. The largest absolute Gasteiger partial charge is 0.508 e. The zero-order valence-corrected chi connectivity index (χ0v) is 16.5. The Labute approximate surface area is 167 Å². The molecule has 0 amide bonds. The van der Waals surface area contributed by atoms with Gasteiger partial charge in [-0.1, -0.05) is 36.4 Å². The van der Waals surface area contributed by atoms with Crippen molar-refractivity contribution >= 4 is 12.2 Å². The first-order valence-corrected chi connectivity index (χ1v) is 10.4. The van der Waals surface area contributed by atoms with Gasteiger partial charge in [0, 0.05) is 24.2 Å². The number of rotatable bonds is 6. The van der Waals surface area contributed by atoms with Crippen LogP contribution in [0.3, 0.4) is 0 Å². The van der Waals surface area contributed by atoms with Gasteiger partial charge in [0.05, 0.1) is 0 Å². The minimum absolute atomic E-state index is 0.359. The van der Waals surface area contributed by atoms with Gasteiger partial charge in [0.1, 0.15) is 11.5 Å². The minimum atomic E-state index is 0.359. The predicted molar refractivity (Wildman–Crippen MR) is 114 cm³/mol. The molecule has 2 N–H and O–H groups in total. The van der Waals surface area contributed by atoms with Crippen LogP contribution in [0.2, 0.25) is 0 Å². The topological polar surface area (TPSA) is 46.9 Å². The Balaban J connectivity index is 1.40. The maximum atomic E-state index is 10.4. The molecule has 28 heavy (non-hydrogen) atoms. The normalized spacial score (nSPS) is 18.4. The van der Waals surface area contributed by atoms with Crippen molar-refractivity contribution in [2.45, 2.75) is 38.8 Å². The molecular formula is C24H30N2O2. The molecule has 4 rings (SSSR count). The first kappa shape index (κ1) is 19.0. The van der Waals surface area contributed by atoms with Crippen LogP contribution < -0.4 is 0 Å². The van der Waals surface area contributed by atoms with Crippen LogP contribution in [0.4, 0.5) is 0 Å². The molecule has 0 bridgehead atoms. The summed E-state index contributed by atoms with van der Waals surface area (Å²) in [6, 6.07) is 11.8. The van der Waals surface area contributed by atoms with E-state index in [1.165, 1.54) is 25.7 Å². The molecule has 2 heterocycles. The summed E-state index contributed by atoms with van der Waals surface area (Å²) in [6.07, 6.45) is 8.98. The molecule has 2 fully saturated rings. The third-order valence-corrected chi connectivity index (χ3v) is 5.87. The highest BCUT2D eigenvalue weighted by atomic mass is 16.3. The third kappa shape index (κ3) is 4.75. The second-order valence-electron chi connectivity index (χ2n) is 8.08. The fourth-order valence-corrected chi connectivity index (χ4v) is 4.19. The quantitative estimate of drug-likeness (QED) is 0.729. The summed E-state index contributed by atoms with van der Waals surface area (Å²) >= 11 is 0. The average molecular weight is 379 g/mol. The lowest BCUT2D eigenvalue weighted by molar-refractivity contribution is 0.324. The Morgan fingerprint density at radius 3 is 1.39 bits per heavy atom. The standard InChI is InChI=1S/C24H30N2O2/c27-23-15-19(7-9-21(23)17-25-11-1-2-12-25)5-6-20-8-10-22(24(28)16-20)18-26-13-3-4-14-26/h5-10,15-16,27-28H,1-4,11-14,17-18H2/b6-5-. The molecule has 0 aliphatic carbocycles. The van der Waals surface area contributed by atoms with E-state index in [-0.39, 0.29) is 0 Å². The van der Waals surface area contributed by atoms with Crippen molar-refractivity contribution in [2.24, 2.45) is 0 Å². The number of phenols is 2. The Morgan fingerprint density at radius 1 is 0.643 bits per heavy atom. The molecule has 4 nitrogen and oxygen atoms in total. The Hall–Kier alpha value is -2.30. The third-order valence-electron chi connectivity index (χ3n) is 5.87. The summed E-state index contributed by atoms with van der Waals surface area (Å²) in [5.74, 6) is 0.718. The molecule has 0 atom stereocenters. The van der Waals surface area contributed by atoms with E-state index < -0.39 is 0 Å². The Bertz CT molecular complexity index is 765. The fourth-order valence-electron chi connectivity index (χ4n) is 4.19. The summed E-state index contributed by atoms with van der Waals surface area (Å²) in [4.78, 5) is 4.77. The van der Waals surface area contributed by atoms with E-state index >= 15 is 0 Å². The fraction of sp³-hybridized carbons (Fsp3) is 0.417. The zero-order chi connectivity index (χ0) is 19.3. The predicted octanol–water partition coefficient (Wildman–Crippen LogP) is 4.46. The smallest absolute Gasteiger partial charge is 0.120 e. The highest BCUT2D eigenvalue weighted by molar-refractivity contribution is 5.71. The van der Waals surface area contributed by atoms with Gasteiger partial charge < -0.3 is 10.2 Å². The summed E-state index contributed by atoms with van der Waals surface area (Å²) in [6.45, 7) is 6.14. The van der Waals surface area contributed by atoms with Crippen molar-refractivity contribution in [3.63, 3.8) is 0 Å². The number of nitrogens with zero attached hydrogens (tertiary/aromatic N) is 2. The molecular weight excluding hydrogens is 348 g/mol. The van der Waals surface area contributed by atoms with Crippen LogP contribution >= 0.6 is 0 Å². The molecule has 2 aliphatic rings. The van der Waals surface area contributed by atoms with Gasteiger partial charge in [-0.3, -0.25) is 9.80 Å². The summed E-state index contributed by atoms with van der Waals surface area (Å²) in [5, 5.41) is 20.7. The number of hydrogen-bond acceptors (Lipinski definition) is 4. The van der Waals surface area contributed by atoms with E-state index in [1.807, 2.05) is 48.6 Å². The van der Waals surface area contributed by atoms with Crippen molar-refractivity contribution in [1.82, 2.24) is 9.80 Å². The van der Waals surface area contributed by atoms with E-state index in [0.717, 1.165) is 61.5 Å². The number of aromatic hydroxyl groups is 2. The lowest BCUT2D eigenvalue weighted by atomic mass is 10.1. The lowest BCUT2D eigenvalue weighted by Crippen LogP contribution is -2.18. The Kier molecular flexibility index (Phi) is 5.98. The van der Waals surface area contributed by atoms with Crippen LogP contribution in [-0.4, -0.2) is 46.2 Å². The van der Waals surface area contributed by atoms with Crippen molar-refractivity contribution in [2.75, 3.05) is 26.2 Å². The molecule has 148 valence electrons. The van der Waals surface area contributed by atoms with Gasteiger partial charge in [-0.05, 0) is 75.1 Å². The maximum Gasteiger partial charge on any atom is 0.120 e. The van der Waals surface area contributed by atoms with Gasteiger partial charge in [0.15, 0.2) is 0 Å². The number of hydrogen-bond donors (Lipinski definition) is 2. The van der Waals surface area contributed by atoms with E-state index in [0.29, 0.717) is 11.5 Å². The van der Waals surface area contributed by atoms with Gasteiger partial charge in [-0.15, -0.1) is 0 Å². The van der Waals surface area contributed by atoms with Gasteiger partial charge in [-0.25, -0.2) is 0 Å². The summed E-state index contributed by atoms with van der Waals surface area (Å²) in [7, 11) is 0. The second-order valence-corrected chi connectivity index (χ2v) is 8.08. The molecule has 2 aromatic carbocycles. The summed E-state index contributed by atoms with van der Waals surface area (Å²) in [5.41, 5.74) is 3.90. The number of likely N-dealkylation sites (tertiary alicyclic amines) is 2. The second kappa shape index (κ2) is 8.80. The van der Waals surface area contributed by atoms with Crippen LogP contribution in [0.5, 0.6) is 11.5 Å². The molecule has 0 spiro atoms. The van der Waals surface area contributed by atoms with Crippen LogP contribution in [0.25, 0.3) is 12.2 Å². The van der Waals surface area contributed by atoms with Gasteiger partial charge in [0.2, 0.25) is 0 Å². The monoisotopic (exact) mass is 378 g/mol. The highest BCUT2D eigenvalue weighted by Crippen LogP contribution is 2.25. The van der Waals surface area contributed by atoms with Crippen molar-refractivity contribution in [1.29, 1.82) is 0 Å². The number of phenolic OH excluding ortho intramolecular Hbond substituents is 2. The minimum Gasteiger partial charge on any atom is -0.508 e. The Morgan fingerprint density at radius 2 is 1.04 bits per heavy atom. The van der Waals surface area contributed by atoms with Crippen LogP contribution in [0.15, 0.2) is 36.4 Å². The zero-order valence-electron chi connectivity index (χ0n) is 16.5. The van der Waals surface area contributed by atoms with E-state index in [2.05, 4.69) is 9.80 Å². The molecule has 0 aromatic heterocycles. The first-order chi connectivity index (χ1) is 13.7. The van der Waals surface area contributed by atoms with Gasteiger partial charge in [-0.2, -0.15) is 0 Å². The highest BCUT2D eigenvalue weighted by Gasteiger charge is 2.14. The van der Waals surface area contributed by atoms with E-state index in [1.54, 1.807) is 0 Å². The summed E-state index contributed by atoms with van der Waals surface area (Å²) < 4.78 is 0. The first-order valence-electron chi connectivity index (χ1n) is 10.4. The molecule has 0 unspecified atom stereocenters. The van der Waals surface area contributed by atoms with Crippen molar-refractivity contribution in [3.05, 3.63) is 58.7 Å². The van der Waals surface area contributed by atoms with E-state index in [9.17, 15) is 10.2 Å². The molecule has 0 radical (unpaired) electrons. The number of benzene rings is 2. The van der Waals surface area contributed by atoms with Crippen molar-refractivity contribution in [3.8, 4) is 11.5 Å². The maximum absolute atomic E-state index is 10.4. The van der Waals surface area contributed by atoms with Crippen LogP contribution in [0, 0.1) is 0 Å². The molecule has 4 heteroatoms. The molecule has 2 saturated heterocycles. The van der Waals surface area contributed by atoms with Crippen molar-refractivity contribution < 1.29 is 10.2 Å². The molecule has 2 aromatic rings. The molecule has 2 aliphatic heterocycles.